The normalized spacial score (nSPS) is 15.5. The van der Waals surface area contributed by atoms with Crippen molar-refractivity contribution in [1.82, 2.24) is 25.2 Å². The fourth-order valence-corrected chi connectivity index (χ4v) is 4.75. The number of aryl methyl sites for hydroxylation is 3. The molecule has 3 aromatic heterocycles. The molecule has 4 rings (SSSR count). The van der Waals surface area contributed by atoms with Gasteiger partial charge in [-0.1, -0.05) is 30.8 Å². The second-order valence-corrected chi connectivity index (χ2v) is 8.86. The van der Waals surface area contributed by atoms with Crippen molar-refractivity contribution in [1.29, 1.82) is 0 Å². The largest absolute Gasteiger partial charge is 0.361 e. The molecule has 0 spiro atoms. The van der Waals surface area contributed by atoms with E-state index in [1.165, 1.54) is 0 Å². The molecule has 180 valence electrons. The number of amides is 2. The molecule has 3 aromatic rings. The summed E-state index contributed by atoms with van der Waals surface area (Å²) in [5.74, 6) is 0.697. The Morgan fingerprint density at radius 2 is 1.91 bits per heavy atom. The number of pyridine rings is 1. The van der Waals surface area contributed by atoms with Crippen LogP contribution in [0.25, 0.3) is 11.1 Å². The Morgan fingerprint density at radius 1 is 1.15 bits per heavy atom. The monoisotopic (exact) mass is 464 g/mol. The Bertz CT molecular complexity index is 1110. The maximum atomic E-state index is 13.4. The van der Waals surface area contributed by atoms with E-state index in [-0.39, 0.29) is 17.7 Å². The number of carbonyl (C=O) groups is 2. The second kappa shape index (κ2) is 10.6. The summed E-state index contributed by atoms with van der Waals surface area (Å²) < 4.78 is 6.87. The Kier molecular flexibility index (Phi) is 7.40. The van der Waals surface area contributed by atoms with E-state index in [9.17, 15) is 9.59 Å². The van der Waals surface area contributed by atoms with Crippen molar-refractivity contribution >= 4 is 17.6 Å². The van der Waals surface area contributed by atoms with Crippen LogP contribution in [0.15, 0.2) is 35.1 Å². The fourth-order valence-electron chi connectivity index (χ4n) is 4.75. The van der Waals surface area contributed by atoms with Crippen LogP contribution in [0.4, 0.5) is 5.82 Å². The molecule has 0 aromatic carbocycles. The summed E-state index contributed by atoms with van der Waals surface area (Å²) in [4.78, 5) is 30.9. The fraction of sp³-hybridized carbons (Fsp3) is 0.480. The Hall–Kier alpha value is -3.49. The predicted molar refractivity (Wildman–Crippen MR) is 128 cm³/mol. The second-order valence-electron chi connectivity index (χ2n) is 8.86. The summed E-state index contributed by atoms with van der Waals surface area (Å²) in [5.41, 5.74) is 3.02. The zero-order valence-electron chi connectivity index (χ0n) is 20.0. The molecule has 34 heavy (non-hydrogen) atoms. The third kappa shape index (κ3) is 5.18. The van der Waals surface area contributed by atoms with Crippen LogP contribution >= 0.6 is 0 Å². The molecule has 9 nitrogen and oxygen atoms in total. The van der Waals surface area contributed by atoms with Gasteiger partial charge in [-0.25, -0.2) is 4.98 Å². The number of rotatable bonds is 7. The van der Waals surface area contributed by atoms with Crippen molar-refractivity contribution in [3.63, 3.8) is 0 Å². The Balaban J connectivity index is 1.52. The number of hydrogen-bond donors (Lipinski definition) is 2. The highest BCUT2D eigenvalue weighted by Gasteiger charge is 2.31. The average molecular weight is 465 g/mol. The van der Waals surface area contributed by atoms with Gasteiger partial charge >= 0.3 is 0 Å². The van der Waals surface area contributed by atoms with Crippen LogP contribution < -0.4 is 10.6 Å². The van der Waals surface area contributed by atoms with E-state index in [1.807, 2.05) is 26.8 Å². The van der Waals surface area contributed by atoms with Gasteiger partial charge in [0.15, 0.2) is 0 Å². The molecule has 0 bridgehead atoms. The minimum atomic E-state index is -0.644. The summed E-state index contributed by atoms with van der Waals surface area (Å²) >= 11 is 0. The number of anilines is 1. The van der Waals surface area contributed by atoms with Crippen molar-refractivity contribution in [2.24, 2.45) is 5.92 Å². The molecule has 0 radical (unpaired) electrons. The molecular formula is C25H32N6O3. The first-order valence-corrected chi connectivity index (χ1v) is 12.0. The van der Waals surface area contributed by atoms with Crippen LogP contribution in [0.2, 0.25) is 0 Å². The standard InChI is InChI=1S/C25H32N6O3/c1-4-31-20(13-14-27-31)24(32)29-23(18-9-7-5-6-8-10-18)25(33)28-21-12-11-19(15-26-21)22-16(2)30-34-17(22)3/h11-15,18,23H,4-10H2,1-3H3,(H,29,32)(H,26,28,33)/t23-/m0/s1. The Labute approximate surface area is 199 Å². The van der Waals surface area contributed by atoms with Crippen LogP contribution in [0.5, 0.6) is 0 Å². The van der Waals surface area contributed by atoms with E-state index >= 15 is 0 Å². The molecular weight excluding hydrogens is 432 g/mol. The van der Waals surface area contributed by atoms with Gasteiger partial charge in [-0.15, -0.1) is 0 Å². The lowest BCUT2D eigenvalue weighted by Crippen LogP contribution is -2.49. The molecule has 0 unspecified atom stereocenters. The molecule has 1 atom stereocenters. The highest BCUT2D eigenvalue weighted by molar-refractivity contribution is 6.00. The maximum absolute atomic E-state index is 13.4. The van der Waals surface area contributed by atoms with Crippen molar-refractivity contribution < 1.29 is 14.1 Å². The molecule has 1 aliphatic carbocycles. The third-order valence-electron chi connectivity index (χ3n) is 6.53. The van der Waals surface area contributed by atoms with Gasteiger partial charge in [0.1, 0.15) is 23.3 Å². The van der Waals surface area contributed by atoms with Crippen molar-refractivity contribution in [3.8, 4) is 11.1 Å². The SMILES string of the molecule is CCn1nccc1C(=O)N[C@H](C(=O)Nc1ccc(-c2c(C)noc2C)cn1)C1CCCCCC1. The molecule has 0 saturated heterocycles. The van der Waals surface area contributed by atoms with Gasteiger partial charge in [-0.2, -0.15) is 5.10 Å². The molecule has 0 aliphatic heterocycles. The Morgan fingerprint density at radius 3 is 2.53 bits per heavy atom. The lowest BCUT2D eigenvalue weighted by molar-refractivity contribution is -0.119. The van der Waals surface area contributed by atoms with Crippen molar-refractivity contribution in [3.05, 3.63) is 47.7 Å². The van der Waals surface area contributed by atoms with E-state index in [2.05, 4.69) is 25.9 Å². The summed E-state index contributed by atoms with van der Waals surface area (Å²) in [6.07, 6.45) is 9.54. The average Bonchev–Trinajstić information content (AvgIpc) is 3.34. The van der Waals surface area contributed by atoms with Gasteiger partial charge in [-0.3, -0.25) is 14.3 Å². The van der Waals surface area contributed by atoms with Crippen LogP contribution in [0, 0.1) is 19.8 Å². The van der Waals surface area contributed by atoms with Gasteiger partial charge in [0.05, 0.1) is 5.69 Å². The van der Waals surface area contributed by atoms with E-state index in [4.69, 9.17) is 4.52 Å². The van der Waals surface area contributed by atoms with Crippen LogP contribution in [-0.2, 0) is 11.3 Å². The van der Waals surface area contributed by atoms with Gasteiger partial charge in [0.2, 0.25) is 5.91 Å². The zero-order chi connectivity index (χ0) is 24.1. The first kappa shape index (κ1) is 23.7. The molecule has 1 saturated carbocycles. The maximum Gasteiger partial charge on any atom is 0.270 e. The number of nitrogens with zero attached hydrogens (tertiary/aromatic N) is 4. The topological polar surface area (TPSA) is 115 Å². The third-order valence-corrected chi connectivity index (χ3v) is 6.53. The van der Waals surface area contributed by atoms with E-state index < -0.39 is 6.04 Å². The quantitative estimate of drug-likeness (QED) is 0.505. The summed E-state index contributed by atoms with van der Waals surface area (Å²) in [6.45, 7) is 6.25. The molecule has 2 N–H and O–H groups in total. The zero-order valence-corrected chi connectivity index (χ0v) is 20.0. The molecule has 9 heteroatoms. The van der Waals surface area contributed by atoms with Crippen molar-refractivity contribution in [2.45, 2.75) is 71.9 Å². The van der Waals surface area contributed by atoms with Gasteiger partial charge < -0.3 is 15.2 Å². The highest BCUT2D eigenvalue weighted by atomic mass is 16.5. The minimum absolute atomic E-state index is 0.0750. The van der Waals surface area contributed by atoms with E-state index in [0.717, 1.165) is 61.1 Å². The van der Waals surface area contributed by atoms with Gasteiger partial charge in [-0.05, 0) is 57.7 Å². The first-order valence-electron chi connectivity index (χ1n) is 12.0. The summed E-state index contributed by atoms with van der Waals surface area (Å²) in [7, 11) is 0. The first-order chi connectivity index (χ1) is 16.5. The number of nitrogens with one attached hydrogen (secondary N) is 2. The van der Waals surface area contributed by atoms with E-state index in [1.54, 1.807) is 29.2 Å². The summed E-state index contributed by atoms with van der Waals surface area (Å²) in [6, 6.07) is 4.68. The van der Waals surface area contributed by atoms with Crippen molar-refractivity contribution in [2.75, 3.05) is 5.32 Å². The van der Waals surface area contributed by atoms with Gasteiger partial charge in [0.25, 0.3) is 5.91 Å². The van der Waals surface area contributed by atoms with Crippen LogP contribution in [-0.4, -0.2) is 37.8 Å². The number of carbonyl (C=O) groups excluding carboxylic acids is 2. The number of hydrogen-bond acceptors (Lipinski definition) is 6. The predicted octanol–water partition coefficient (Wildman–Crippen LogP) is 4.28. The number of aromatic nitrogens is 4. The van der Waals surface area contributed by atoms with Crippen LogP contribution in [0.3, 0.4) is 0 Å². The van der Waals surface area contributed by atoms with Crippen LogP contribution in [0.1, 0.15) is 67.4 Å². The molecule has 1 aliphatic rings. The minimum Gasteiger partial charge on any atom is -0.361 e. The summed E-state index contributed by atoms with van der Waals surface area (Å²) in [5, 5.41) is 14.1. The lowest BCUT2D eigenvalue weighted by atomic mass is 9.91. The molecule has 2 amide bonds. The van der Waals surface area contributed by atoms with Gasteiger partial charge in [0, 0.05) is 30.1 Å². The lowest BCUT2D eigenvalue weighted by Gasteiger charge is -2.26. The highest BCUT2D eigenvalue weighted by Crippen LogP contribution is 2.28. The smallest absolute Gasteiger partial charge is 0.270 e. The molecule has 3 heterocycles. The molecule has 1 fully saturated rings. The van der Waals surface area contributed by atoms with E-state index in [0.29, 0.717) is 18.1 Å².